The Kier molecular flexibility index (Phi) is 3.14. The number of hydrogen-bond acceptors (Lipinski definition) is 3. The molecule has 0 fully saturated rings. The first-order valence-corrected chi connectivity index (χ1v) is 5.80. The van der Waals surface area contributed by atoms with Crippen LogP contribution < -0.4 is 0 Å². The standard InChI is InChI=1S/C13H15N3O2/c1-4-11-12(13(17)18)14-15-16(11)10-6-5-8(2)9(3)7-10/h5-7H,4H2,1-3H3,(H,17,18). The summed E-state index contributed by atoms with van der Waals surface area (Å²) in [6.07, 6.45) is 0.571. The van der Waals surface area contributed by atoms with Crippen molar-refractivity contribution in [2.24, 2.45) is 0 Å². The van der Waals surface area contributed by atoms with Crippen LogP contribution in [0.3, 0.4) is 0 Å². The Morgan fingerprint density at radius 1 is 1.33 bits per heavy atom. The Morgan fingerprint density at radius 3 is 2.61 bits per heavy atom. The van der Waals surface area contributed by atoms with Crippen LogP contribution in [0.15, 0.2) is 18.2 Å². The minimum absolute atomic E-state index is 0.0238. The van der Waals surface area contributed by atoms with Crippen LogP contribution in [0.4, 0.5) is 0 Å². The van der Waals surface area contributed by atoms with Crippen molar-refractivity contribution in [2.75, 3.05) is 0 Å². The van der Waals surface area contributed by atoms with Crippen molar-refractivity contribution in [3.8, 4) is 5.69 Å². The molecule has 2 rings (SSSR count). The summed E-state index contributed by atoms with van der Waals surface area (Å²) in [5.74, 6) is -1.04. The van der Waals surface area contributed by atoms with Gasteiger partial charge in [0.05, 0.1) is 11.4 Å². The molecule has 0 saturated heterocycles. The molecule has 0 bridgehead atoms. The first kappa shape index (κ1) is 12.3. The minimum atomic E-state index is -1.04. The van der Waals surface area contributed by atoms with E-state index in [-0.39, 0.29) is 5.69 Å². The normalized spacial score (nSPS) is 10.6. The SMILES string of the molecule is CCc1c(C(=O)O)nnn1-c1ccc(C)c(C)c1. The van der Waals surface area contributed by atoms with Crippen molar-refractivity contribution in [1.82, 2.24) is 15.0 Å². The van der Waals surface area contributed by atoms with Gasteiger partial charge in [-0.1, -0.05) is 18.2 Å². The number of aromatic carboxylic acids is 1. The lowest BCUT2D eigenvalue weighted by atomic mass is 10.1. The van der Waals surface area contributed by atoms with Crippen LogP contribution in [0, 0.1) is 13.8 Å². The highest BCUT2D eigenvalue weighted by molar-refractivity contribution is 5.86. The third-order valence-corrected chi connectivity index (χ3v) is 3.04. The maximum Gasteiger partial charge on any atom is 0.358 e. The second kappa shape index (κ2) is 4.60. The van der Waals surface area contributed by atoms with Crippen molar-refractivity contribution in [1.29, 1.82) is 0 Å². The van der Waals surface area contributed by atoms with Crippen LogP contribution >= 0.6 is 0 Å². The fraction of sp³-hybridized carbons (Fsp3) is 0.308. The van der Waals surface area contributed by atoms with E-state index in [1.54, 1.807) is 4.68 Å². The lowest BCUT2D eigenvalue weighted by Gasteiger charge is -2.07. The van der Waals surface area contributed by atoms with E-state index in [1.165, 1.54) is 5.56 Å². The van der Waals surface area contributed by atoms with Gasteiger partial charge >= 0.3 is 5.97 Å². The third-order valence-electron chi connectivity index (χ3n) is 3.04. The molecule has 1 N–H and O–H groups in total. The van der Waals surface area contributed by atoms with Crippen molar-refractivity contribution in [2.45, 2.75) is 27.2 Å². The average Bonchev–Trinajstić information content (AvgIpc) is 2.76. The molecule has 0 aliphatic carbocycles. The molecule has 5 nitrogen and oxygen atoms in total. The third kappa shape index (κ3) is 1.99. The van der Waals surface area contributed by atoms with Crippen LogP contribution in [0.2, 0.25) is 0 Å². The predicted molar refractivity (Wildman–Crippen MR) is 67.2 cm³/mol. The molecule has 0 saturated carbocycles. The van der Waals surface area contributed by atoms with Gasteiger partial charge in [0.1, 0.15) is 0 Å². The molecule has 0 aliphatic rings. The Labute approximate surface area is 105 Å². The van der Waals surface area contributed by atoms with Gasteiger partial charge in [-0.2, -0.15) is 0 Å². The number of carbonyl (C=O) groups is 1. The van der Waals surface area contributed by atoms with Crippen LogP contribution in [-0.4, -0.2) is 26.1 Å². The number of aryl methyl sites for hydroxylation is 2. The van der Waals surface area contributed by atoms with Gasteiger partial charge in [-0.25, -0.2) is 9.48 Å². The number of rotatable bonds is 3. The number of aromatic nitrogens is 3. The molecule has 0 radical (unpaired) electrons. The molecule has 0 amide bonds. The van der Waals surface area contributed by atoms with Gasteiger partial charge in [0, 0.05) is 0 Å². The summed E-state index contributed by atoms with van der Waals surface area (Å²) in [4.78, 5) is 11.0. The van der Waals surface area contributed by atoms with Crippen molar-refractivity contribution >= 4 is 5.97 Å². The quantitative estimate of drug-likeness (QED) is 0.899. The highest BCUT2D eigenvalue weighted by Crippen LogP contribution is 2.17. The zero-order valence-corrected chi connectivity index (χ0v) is 10.6. The number of benzene rings is 1. The number of nitrogens with zero attached hydrogens (tertiary/aromatic N) is 3. The first-order chi connectivity index (χ1) is 8.54. The predicted octanol–water partition coefficient (Wildman–Crippen LogP) is 2.14. The van der Waals surface area contributed by atoms with E-state index >= 15 is 0 Å². The van der Waals surface area contributed by atoms with Gasteiger partial charge in [-0.3, -0.25) is 0 Å². The highest BCUT2D eigenvalue weighted by atomic mass is 16.4. The molecule has 2 aromatic rings. The van der Waals surface area contributed by atoms with Gasteiger partial charge in [-0.15, -0.1) is 5.10 Å². The molecular weight excluding hydrogens is 230 g/mol. The van der Waals surface area contributed by atoms with Gasteiger partial charge in [0.2, 0.25) is 0 Å². The zero-order valence-electron chi connectivity index (χ0n) is 10.6. The Bertz CT molecular complexity index is 602. The van der Waals surface area contributed by atoms with E-state index in [1.807, 2.05) is 39.0 Å². The van der Waals surface area contributed by atoms with E-state index in [0.717, 1.165) is 11.3 Å². The Morgan fingerprint density at radius 2 is 2.06 bits per heavy atom. The molecule has 1 aromatic carbocycles. The number of hydrogen-bond donors (Lipinski definition) is 1. The molecule has 0 aliphatic heterocycles. The van der Waals surface area contributed by atoms with Crippen LogP contribution in [0.1, 0.15) is 34.2 Å². The van der Waals surface area contributed by atoms with Gasteiger partial charge < -0.3 is 5.11 Å². The summed E-state index contributed by atoms with van der Waals surface area (Å²) in [7, 11) is 0. The van der Waals surface area contributed by atoms with Gasteiger partial charge in [0.15, 0.2) is 5.69 Å². The molecule has 1 aromatic heterocycles. The second-order valence-corrected chi connectivity index (χ2v) is 4.22. The van der Waals surface area contributed by atoms with Crippen LogP contribution in [0.25, 0.3) is 5.69 Å². The minimum Gasteiger partial charge on any atom is -0.476 e. The molecule has 0 atom stereocenters. The summed E-state index contributed by atoms with van der Waals surface area (Å²) in [6, 6.07) is 5.89. The molecule has 1 heterocycles. The van der Waals surface area contributed by atoms with E-state index in [9.17, 15) is 4.79 Å². The monoisotopic (exact) mass is 245 g/mol. The lowest BCUT2D eigenvalue weighted by molar-refractivity contribution is 0.0689. The molecule has 0 spiro atoms. The summed E-state index contributed by atoms with van der Waals surface area (Å²) in [5.41, 5.74) is 3.81. The Balaban J connectivity index is 2.57. The average molecular weight is 245 g/mol. The molecular formula is C13H15N3O2. The van der Waals surface area contributed by atoms with Crippen LogP contribution in [0.5, 0.6) is 0 Å². The number of carboxylic acids is 1. The zero-order chi connectivity index (χ0) is 13.3. The summed E-state index contributed by atoms with van der Waals surface area (Å²) in [6.45, 7) is 5.94. The fourth-order valence-corrected chi connectivity index (χ4v) is 1.85. The lowest BCUT2D eigenvalue weighted by Crippen LogP contribution is -2.06. The highest BCUT2D eigenvalue weighted by Gasteiger charge is 2.18. The van der Waals surface area contributed by atoms with Crippen molar-refractivity contribution in [3.05, 3.63) is 40.7 Å². The topological polar surface area (TPSA) is 68.0 Å². The molecule has 94 valence electrons. The second-order valence-electron chi connectivity index (χ2n) is 4.22. The molecule has 5 heteroatoms. The smallest absolute Gasteiger partial charge is 0.358 e. The molecule has 0 unspecified atom stereocenters. The van der Waals surface area contributed by atoms with E-state index in [2.05, 4.69) is 10.3 Å². The number of carboxylic acid groups (broad SMARTS) is 1. The van der Waals surface area contributed by atoms with E-state index in [4.69, 9.17) is 5.11 Å². The maximum absolute atomic E-state index is 11.0. The van der Waals surface area contributed by atoms with Crippen LogP contribution in [-0.2, 0) is 6.42 Å². The van der Waals surface area contributed by atoms with Crippen molar-refractivity contribution < 1.29 is 9.90 Å². The largest absolute Gasteiger partial charge is 0.476 e. The first-order valence-electron chi connectivity index (χ1n) is 5.80. The van der Waals surface area contributed by atoms with E-state index < -0.39 is 5.97 Å². The fourth-order valence-electron chi connectivity index (χ4n) is 1.85. The Hall–Kier alpha value is -2.17. The van der Waals surface area contributed by atoms with Gasteiger partial charge in [0.25, 0.3) is 0 Å². The van der Waals surface area contributed by atoms with Gasteiger partial charge in [-0.05, 0) is 43.5 Å². The molecule has 18 heavy (non-hydrogen) atoms. The summed E-state index contributed by atoms with van der Waals surface area (Å²) < 4.78 is 1.59. The van der Waals surface area contributed by atoms with Crippen molar-refractivity contribution in [3.63, 3.8) is 0 Å². The van der Waals surface area contributed by atoms with E-state index in [0.29, 0.717) is 12.1 Å². The summed E-state index contributed by atoms with van der Waals surface area (Å²) >= 11 is 0. The maximum atomic E-state index is 11.0. The summed E-state index contributed by atoms with van der Waals surface area (Å²) in [5, 5.41) is 16.7.